The highest BCUT2D eigenvalue weighted by atomic mass is 19.1. The summed E-state index contributed by atoms with van der Waals surface area (Å²) in [4.78, 5) is 11.1. The van der Waals surface area contributed by atoms with Gasteiger partial charge in [-0.25, -0.2) is 4.39 Å². The molecular weight excluding hydrogens is 247 g/mol. The molecule has 1 aromatic rings. The summed E-state index contributed by atoms with van der Waals surface area (Å²) < 4.78 is 13.6. The Hall–Kier alpha value is -1.46. The van der Waals surface area contributed by atoms with E-state index in [-0.39, 0.29) is 24.4 Å². The van der Waals surface area contributed by atoms with Gasteiger partial charge in [-0.2, -0.15) is 0 Å². The first-order valence-electron chi connectivity index (χ1n) is 6.54. The summed E-state index contributed by atoms with van der Waals surface area (Å²) in [5, 5.41) is 12.5. The number of carbonyl (C=O) groups is 1. The number of nitrogens with one attached hydrogen (secondary N) is 1. The van der Waals surface area contributed by atoms with Gasteiger partial charge in [0.15, 0.2) is 0 Å². The summed E-state index contributed by atoms with van der Waals surface area (Å²) in [5.74, 6) is -0.672. The van der Waals surface area contributed by atoms with Crippen molar-refractivity contribution < 1.29 is 14.3 Å². The highest BCUT2D eigenvalue weighted by Gasteiger charge is 2.26. The fraction of sp³-hybridized carbons (Fsp3) is 0.500. The van der Waals surface area contributed by atoms with Gasteiger partial charge in [-0.3, -0.25) is 4.79 Å². The van der Waals surface area contributed by atoms with Crippen LogP contribution in [0.25, 0.3) is 0 Å². The molecule has 0 bridgehead atoms. The van der Waals surface area contributed by atoms with Crippen molar-refractivity contribution in [2.75, 3.05) is 6.61 Å². The van der Waals surface area contributed by atoms with Gasteiger partial charge in [0.2, 0.25) is 5.91 Å². The minimum atomic E-state index is -0.560. The summed E-state index contributed by atoms with van der Waals surface area (Å²) >= 11 is 0. The Kier molecular flexibility index (Phi) is 4.50. The molecule has 1 amide bonds. The van der Waals surface area contributed by atoms with Crippen molar-refractivity contribution in [1.29, 1.82) is 0 Å². The molecule has 0 heterocycles. The van der Waals surface area contributed by atoms with Crippen LogP contribution in [0, 0.1) is 11.7 Å². The van der Waals surface area contributed by atoms with Gasteiger partial charge in [0.05, 0.1) is 0 Å². The second-order valence-corrected chi connectivity index (χ2v) is 5.03. The molecule has 0 saturated heterocycles. The zero-order chi connectivity index (χ0) is 13.8. The SMILES string of the molecule is NC(=O)c1ccc(F)c(CNC2CCCC2CO)c1. The maximum Gasteiger partial charge on any atom is 0.248 e. The second-order valence-electron chi connectivity index (χ2n) is 5.03. The van der Waals surface area contributed by atoms with Crippen LogP contribution in [0.2, 0.25) is 0 Å². The number of benzene rings is 1. The first kappa shape index (κ1) is 14.0. The number of aliphatic hydroxyl groups is 1. The number of nitrogens with two attached hydrogens (primary N) is 1. The lowest BCUT2D eigenvalue weighted by Crippen LogP contribution is -2.33. The molecule has 1 aliphatic carbocycles. The maximum atomic E-state index is 13.6. The second kappa shape index (κ2) is 6.12. The van der Waals surface area contributed by atoms with Crippen molar-refractivity contribution in [2.24, 2.45) is 11.7 Å². The van der Waals surface area contributed by atoms with Crippen LogP contribution in [0.5, 0.6) is 0 Å². The molecule has 1 aromatic carbocycles. The molecule has 1 saturated carbocycles. The van der Waals surface area contributed by atoms with Crippen molar-refractivity contribution >= 4 is 5.91 Å². The Morgan fingerprint density at radius 1 is 1.47 bits per heavy atom. The van der Waals surface area contributed by atoms with E-state index in [1.54, 1.807) is 0 Å². The summed E-state index contributed by atoms with van der Waals surface area (Å²) in [5.41, 5.74) is 5.92. The Labute approximate surface area is 111 Å². The number of primary amides is 1. The third-order valence-electron chi connectivity index (χ3n) is 3.78. The standard InChI is InChI=1S/C14H19FN2O2/c15-12-5-4-9(14(16)19)6-11(12)7-17-13-3-1-2-10(13)8-18/h4-6,10,13,17-18H,1-3,7-8H2,(H2,16,19). The van der Waals surface area contributed by atoms with Crippen LogP contribution in [-0.2, 0) is 6.54 Å². The number of hydrogen-bond acceptors (Lipinski definition) is 3. The quantitative estimate of drug-likeness (QED) is 0.749. The normalized spacial score (nSPS) is 22.6. The summed E-state index contributed by atoms with van der Waals surface area (Å²) in [7, 11) is 0. The fourth-order valence-electron chi connectivity index (χ4n) is 2.63. The highest BCUT2D eigenvalue weighted by molar-refractivity contribution is 5.92. The Morgan fingerprint density at radius 3 is 2.95 bits per heavy atom. The van der Waals surface area contributed by atoms with Crippen molar-refractivity contribution in [2.45, 2.75) is 31.8 Å². The van der Waals surface area contributed by atoms with E-state index < -0.39 is 5.91 Å². The number of aliphatic hydroxyl groups excluding tert-OH is 1. The summed E-state index contributed by atoms with van der Waals surface area (Å²) in [6.07, 6.45) is 3.06. The maximum absolute atomic E-state index is 13.6. The average molecular weight is 266 g/mol. The van der Waals surface area contributed by atoms with E-state index >= 15 is 0 Å². The minimum absolute atomic E-state index is 0.154. The van der Waals surface area contributed by atoms with Crippen molar-refractivity contribution in [3.05, 3.63) is 35.1 Å². The van der Waals surface area contributed by atoms with Crippen molar-refractivity contribution in [3.63, 3.8) is 0 Å². The van der Waals surface area contributed by atoms with Gasteiger partial charge in [-0.15, -0.1) is 0 Å². The monoisotopic (exact) mass is 266 g/mol. The third-order valence-corrected chi connectivity index (χ3v) is 3.78. The van der Waals surface area contributed by atoms with Crippen LogP contribution in [0.4, 0.5) is 4.39 Å². The van der Waals surface area contributed by atoms with Gasteiger partial charge in [-0.05, 0) is 37.0 Å². The van der Waals surface area contributed by atoms with E-state index in [2.05, 4.69) is 5.32 Å². The molecule has 19 heavy (non-hydrogen) atoms. The molecule has 0 spiro atoms. The molecule has 5 heteroatoms. The van der Waals surface area contributed by atoms with E-state index in [9.17, 15) is 14.3 Å². The zero-order valence-corrected chi connectivity index (χ0v) is 10.7. The topological polar surface area (TPSA) is 75.4 Å². The lowest BCUT2D eigenvalue weighted by Gasteiger charge is -2.19. The van der Waals surface area contributed by atoms with Crippen LogP contribution in [0.3, 0.4) is 0 Å². The highest BCUT2D eigenvalue weighted by Crippen LogP contribution is 2.25. The van der Waals surface area contributed by atoms with Crippen molar-refractivity contribution in [3.8, 4) is 0 Å². The minimum Gasteiger partial charge on any atom is -0.396 e. The fourth-order valence-corrected chi connectivity index (χ4v) is 2.63. The van der Waals surface area contributed by atoms with E-state index in [0.717, 1.165) is 19.3 Å². The molecule has 2 rings (SSSR count). The molecule has 1 aliphatic rings. The number of carbonyl (C=O) groups excluding carboxylic acids is 1. The van der Waals surface area contributed by atoms with Gasteiger partial charge in [-0.1, -0.05) is 6.42 Å². The number of amides is 1. The lowest BCUT2D eigenvalue weighted by atomic mass is 10.0. The molecule has 4 N–H and O–H groups in total. The van der Waals surface area contributed by atoms with Gasteiger partial charge in [0.25, 0.3) is 0 Å². The van der Waals surface area contributed by atoms with E-state index in [0.29, 0.717) is 17.7 Å². The van der Waals surface area contributed by atoms with Crippen LogP contribution in [-0.4, -0.2) is 23.7 Å². The van der Waals surface area contributed by atoms with Gasteiger partial charge in [0, 0.05) is 30.3 Å². The Morgan fingerprint density at radius 2 is 2.26 bits per heavy atom. The van der Waals surface area contributed by atoms with E-state index in [1.165, 1.54) is 18.2 Å². The smallest absolute Gasteiger partial charge is 0.248 e. The average Bonchev–Trinajstić information content (AvgIpc) is 2.85. The van der Waals surface area contributed by atoms with Crippen LogP contribution < -0.4 is 11.1 Å². The molecular formula is C14H19FN2O2. The van der Waals surface area contributed by atoms with Crippen LogP contribution in [0.1, 0.15) is 35.2 Å². The molecule has 0 aliphatic heterocycles. The predicted molar refractivity (Wildman–Crippen MR) is 70.0 cm³/mol. The van der Waals surface area contributed by atoms with E-state index in [1.807, 2.05) is 0 Å². The largest absolute Gasteiger partial charge is 0.396 e. The van der Waals surface area contributed by atoms with E-state index in [4.69, 9.17) is 5.73 Å². The lowest BCUT2D eigenvalue weighted by molar-refractivity contribution is 0.1000. The molecule has 4 nitrogen and oxygen atoms in total. The van der Waals surface area contributed by atoms with Crippen LogP contribution in [0.15, 0.2) is 18.2 Å². The molecule has 104 valence electrons. The first-order chi connectivity index (χ1) is 9.11. The summed E-state index contributed by atoms with van der Waals surface area (Å²) in [6, 6.07) is 4.33. The predicted octanol–water partition coefficient (Wildman–Crippen LogP) is 1.18. The summed E-state index contributed by atoms with van der Waals surface area (Å²) in [6.45, 7) is 0.496. The van der Waals surface area contributed by atoms with Gasteiger partial charge in [0.1, 0.15) is 5.82 Å². The van der Waals surface area contributed by atoms with Crippen LogP contribution >= 0.6 is 0 Å². The number of rotatable bonds is 5. The van der Waals surface area contributed by atoms with Crippen molar-refractivity contribution in [1.82, 2.24) is 5.32 Å². The van der Waals surface area contributed by atoms with Gasteiger partial charge < -0.3 is 16.2 Å². The molecule has 0 aromatic heterocycles. The third kappa shape index (κ3) is 3.30. The van der Waals surface area contributed by atoms with Gasteiger partial charge >= 0.3 is 0 Å². The Bertz CT molecular complexity index is 465. The number of hydrogen-bond donors (Lipinski definition) is 3. The Balaban J connectivity index is 2.02. The molecule has 2 unspecified atom stereocenters. The first-order valence-corrected chi connectivity index (χ1v) is 6.54. The zero-order valence-electron chi connectivity index (χ0n) is 10.7. The number of halogens is 1. The molecule has 1 fully saturated rings. The molecule has 2 atom stereocenters. The molecule has 0 radical (unpaired) electrons.